The number of sulfone groups is 1. The fourth-order valence-corrected chi connectivity index (χ4v) is 4.51. The smallest absolute Gasteiger partial charge is 0.182 e. The first-order valence-electron chi connectivity index (χ1n) is 6.46. The van der Waals surface area contributed by atoms with Gasteiger partial charge >= 0.3 is 0 Å². The highest BCUT2D eigenvalue weighted by Gasteiger charge is 2.30. The lowest BCUT2D eigenvalue weighted by atomic mass is 10.1. The lowest BCUT2D eigenvalue weighted by Crippen LogP contribution is -2.39. The van der Waals surface area contributed by atoms with Crippen LogP contribution in [0.4, 0.5) is 0 Å². The van der Waals surface area contributed by atoms with Crippen molar-refractivity contribution in [2.24, 2.45) is 0 Å². The highest BCUT2D eigenvalue weighted by Crippen LogP contribution is 2.27. The summed E-state index contributed by atoms with van der Waals surface area (Å²) in [7, 11) is -3.19. The molecule has 1 atom stereocenters. The largest absolute Gasteiger partial charge is 0.315 e. The fourth-order valence-electron chi connectivity index (χ4n) is 2.50. The molecule has 0 spiro atoms. The maximum atomic E-state index is 12.6. The minimum Gasteiger partial charge on any atom is -0.315 e. The van der Waals surface area contributed by atoms with Crippen LogP contribution in [0.25, 0.3) is 0 Å². The molecular formula is C14H21NO2S. The Hall–Kier alpha value is -0.870. The molecule has 3 nitrogen and oxygen atoms in total. The third-order valence-corrected chi connectivity index (χ3v) is 6.34. The Kier molecular flexibility index (Phi) is 3.78. The zero-order valence-electron chi connectivity index (χ0n) is 11.3. The predicted molar refractivity (Wildman–Crippen MR) is 73.7 cm³/mol. The quantitative estimate of drug-likeness (QED) is 0.893. The van der Waals surface area contributed by atoms with Gasteiger partial charge in [-0.2, -0.15) is 0 Å². The summed E-state index contributed by atoms with van der Waals surface area (Å²) in [5, 5.41) is 2.91. The van der Waals surface area contributed by atoms with Crippen LogP contribution in [0.15, 0.2) is 17.0 Å². The Morgan fingerprint density at radius 2 is 1.89 bits per heavy atom. The Labute approximate surface area is 110 Å². The second-order valence-corrected chi connectivity index (χ2v) is 7.34. The molecule has 0 bridgehead atoms. The van der Waals surface area contributed by atoms with Gasteiger partial charge in [0.25, 0.3) is 0 Å². The number of piperidine rings is 1. The molecule has 1 aliphatic heterocycles. The predicted octanol–water partition coefficient (Wildman–Crippen LogP) is 2.14. The van der Waals surface area contributed by atoms with Crippen molar-refractivity contribution >= 4 is 9.84 Å². The standard InChI is InChI=1S/C14H21NO2S/c1-10-6-7-14(12(3)11(10)2)18(16,17)13-5-4-8-15-9-13/h6-7,13,15H,4-5,8-9H2,1-3H3. The molecule has 0 aromatic heterocycles. The van der Waals surface area contributed by atoms with Gasteiger partial charge in [0, 0.05) is 6.54 Å². The molecule has 100 valence electrons. The molecule has 0 saturated carbocycles. The first-order chi connectivity index (χ1) is 8.44. The zero-order chi connectivity index (χ0) is 13.3. The molecule has 0 radical (unpaired) electrons. The molecule has 1 unspecified atom stereocenters. The summed E-state index contributed by atoms with van der Waals surface area (Å²) in [6.07, 6.45) is 1.70. The van der Waals surface area contributed by atoms with Crippen molar-refractivity contribution in [2.75, 3.05) is 13.1 Å². The van der Waals surface area contributed by atoms with Crippen molar-refractivity contribution in [3.63, 3.8) is 0 Å². The minimum atomic E-state index is -3.19. The molecule has 1 aromatic rings. The molecule has 1 heterocycles. The maximum absolute atomic E-state index is 12.6. The van der Waals surface area contributed by atoms with Crippen LogP contribution in [0.1, 0.15) is 29.5 Å². The van der Waals surface area contributed by atoms with Crippen molar-refractivity contribution in [2.45, 2.75) is 43.8 Å². The second kappa shape index (κ2) is 5.02. The number of nitrogens with one attached hydrogen (secondary N) is 1. The topological polar surface area (TPSA) is 46.2 Å². The van der Waals surface area contributed by atoms with Gasteiger partial charge in [-0.25, -0.2) is 8.42 Å². The van der Waals surface area contributed by atoms with Crippen molar-refractivity contribution in [1.82, 2.24) is 5.32 Å². The van der Waals surface area contributed by atoms with Gasteiger partial charge < -0.3 is 5.32 Å². The van der Waals surface area contributed by atoms with Crippen molar-refractivity contribution < 1.29 is 8.42 Å². The lowest BCUT2D eigenvalue weighted by molar-refractivity contribution is 0.496. The summed E-state index contributed by atoms with van der Waals surface area (Å²) in [6.45, 7) is 7.42. The number of rotatable bonds is 2. The van der Waals surface area contributed by atoms with Gasteiger partial charge in [0.2, 0.25) is 0 Å². The van der Waals surface area contributed by atoms with Crippen LogP contribution in [0, 0.1) is 20.8 Å². The molecular weight excluding hydrogens is 246 g/mol. The molecule has 2 rings (SSSR count). The van der Waals surface area contributed by atoms with Crippen molar-refractivity contribution in [3.05, 3.63) is 28.8 Å². The molecule has 1 aliphatic rings. The van der Waals surface area contributed by atoms with E-state index in [1.54, 1.807) is 6.07 Å². The van der Waals surface area contributed by atoms with Crippen molar-refractivity contribution in [1.29, 1.82) is 0 Å². The van der Waals surface area contributed by atoms with Crippen LogP contribution >= 0.6 is 0 Å². The van der Waals surface area contributed by atoms with Crippen molar-refractivity contribution in [3.8, 4) is 0 Å². The minimum absolute atomic E-state index is 0.271. The van der Waals surface area contributed by atoms with Crippen LogP contribution in [0.2, 0.25) is 0 Å². The molecule has 0 amide bonds. The number of benzene rings is 1. The number of hydrogen-bond donors (Lipinski definition) is 1. The molecule has 4 heteroatoms. The average Bonchev–Trinajstić information content (AvgIpc) is 2.37. The van der Waals surface area contributed by atoms with E-state index in [-0.39, 0.29) is 5.25 Å². The van der Waals surface area contributed by atoms with Gasteiger partial charge in [0.05, 0.1) is 10.1 Å². The van der Waals surface area contributed by atoms with Crippen LogP contribution in [0.3, 0.4) is 0 Å². The Morgan fingerprint density at radius 3 is 2.50 bits per heavy atom. The first-order valence-corrected chi connectivity index (χ1v) is 8.00. The molecule has 1 fully saturated rings. The van der Waals surface area contributed by atoms with E-state index in [1.165, 1.54) is 0 Å². The van der Waals surface area contributed by atoms with E-state index in [4.69, 9.17) is 0 Å². The number of aryl methyl sites for hydroxylation is 1. The molecule has 1 aromatic carbocycles. The van der Waals surface area contributed by atoms with E-state index in [2.05, 4.69) is 5.32 Å². The van der Waals surface area contributed by atoms with Gasteiger partial charge in [-0.3, -0.25) is 0 Å². The average molecular weight is 267 g/mol. The third kappa shape index (κ3) is 2.31. The summed E-state index contributed by atoms with van der Waals surface area (Å²) < 4.78 is 25.3. The Morgan fingerprint density at radius 1 is 1.17 bits per heavy atom. The van der Waals surface area contributed by atoms with E-state index in [0.29, 0.717) is 11.4 Å². The summed E-state index contributed by atoms with van der Waals surface area (Å²) in [5.74, 6) is 0. The van der Waals surface area contributed by atoms with Crippen LogP contribution in [-0.4, -0.2) is 26.8 Å². The molecule has 1 N–H and O–H groups in total. The van der Waals surface area contributed by atoms with E-state index >= 15 is 0 Å². The van der Waals surface area contributed by atoms with Gasteiger partial charge in [-0.15, -0.1) is 0 Å². The monoisotopic (exact) mass is 267 g/mol. The highest BCUT2D eigenvalue weighted by atomic mass is 32.2. The third-order valence-electron chi connectivity index (χ3n) is 4.01. The summed E-state index contributed by atoms with van der Waals surface area (Å²) in [5.41, 5.74) is 3.13. The summed E-state index contributed by atoms with van der Waals surface area (Å²) >= 11 is 0. The molecule has 18 heavy (non-hydrogen) atoms. The zero-order valence-corrected chi connectivity index (χ0v) is 12.1. The van der Waals surface area contributed by atoms with Crippen LogP contribution < -0.4 is 5.32 Å². The summed E-state index contributed by atoms with van der Waals surface area (Å²) in [4.78, 5) is 0.513. The summed E-state index contributed by atoms with van der Waals surface area (Å²) in [6, 6.07) is 3.67. The fraction of sp³-hybridized carbons (Fsp3) is 0.571. The van der Waals surface area contributed by atoms with Crippen LogP contribution in [-0.2, 0) is 9.84 Å². The SMILES string of the molecule is Cc1ccc(S(=O)(=O)C2CCCNC2)c(C)c1C. The molecule has 1 saturated heterocycles. The van der Waals surface area contributed by atoms with Gasteiger partial charge in [-0.1, -0.05) is 6.07 Å². The van der Waals surface area contributed by atoms with E-state index in [1.807, 2.05) is 26.8 Å². The van der Waals surface area contributed by atoms with Crippen LogP contribution in [0.5, 0.6) is 0 Å². The Bertz CT molecular complexity index is 543. The lowest BCUT2D eigenvalue weighted by Gasteiger charge is -2.24. The normalized spacial score (nSPS) is 20.9. The first kappa shape index (κ1) is 13.6. The Balaban J connectivity index is 2.44. The maximum Gasteiger partial charge on any atom is 0.182 e. The van der Waals surface area contributed by atoms with E-state index in [0.717, 1.165) is 36.1 Å². The number of hydrogen-bond acceptors (Lipinski definition) is 3. The van der Waals surface area contributed by atoms with E-state index in [9.17, 15) is 8.42 Å². The second-order valence-electron chi connectivity index (χ2n) is 5.14. The van der Waals surface area contributed by atoms with Gasteiger partial charge in [0.15, 0.2) is 9.84 Å². The van der Waals surface area contributed by atoms with Gasteiger partial charge in [0.1, 0.15) is 0 Å². The van der Waals surface area contributed by atoms with Gasteiger partial charge in [-0.05, 0) is 62.9 Å². The highest BCUT2D eigenvalue weighted by molar-refractivity contribution is 7.92. The molecule has 0 aliphatic carbocycles. The van der Waals surface area contributed by atoms with E-state index < -0.39 is 9.84 Å².